The Kier molecular flexibility index (Phi) is 6.23. The van der Waals surface area contributed by atoms with E-state index in [0.29, 0.717) is 23.0 Å². The van der Waals surface area contributed by atoms with Gasteiger partial charge >= 0.3 is 6.03 Å². The molecule has 0 radical (unpaired) electrons. The molecule has 0 fully saturated rings. The van der Waals surface area contributed by atoms with Crippen molar-refractivity contribution in [3.8, 4) is 10.8 Å². The van der Waals surface area contributed by atoms with Gasteiger partial charge in [-0.05, 0) is 73.5 Å². The van der Waals surface area contributed by atoms with Crippen LogP contribution in [-0.4, -0.2) is 41.1 Å². The fourth-order valence-electron chi connectivity index (χ4n) is 5.45. The minimum atomic E-state index is -0.287. The lowest BCUT2D eigenvalue weighted by atomic mass is 10.0. The number of likely N-dealkylation sites (N-methyl/N-ethyl adjacent to an activating group) is 1. The standard InChI is InChI=1S/C29H29ClN4O2S/c1-18-6-11-25(36-3)23(15-18)31-29(35)34-16-22-21-12-14-32(2)17-26(21)37-28(22)33-13-4-5-24(33)27(34)19-7-9-20(30)10-8-19/h4-11,13,15,27H,12,14,16-17H2,1-3H3,(H,31,35). The first kappa shape index (κ1) is 24.1. The maximum atomic E-state index is 14.2. The number of methoxy groups -OCH3 is 1. The molecule has 0 saturated carbocycles. The van der Waals surface area contributed by atoms with Gasteiger partial charge in [0.25, 0.3) is 0 Å². The molecule has 6 rings (SSSR count). The third-order valence-corrected chi connectivity index (χ3v) is 8.81. The number of hydrogen-bond donors (Lipinski definition) is 1. The van der Waals surface area contributed by atoms with Gasteiger partial charge in [-0.25, -0.2) is 4.79 Å². The lowest BCUT2D eigenvalue weighted by Gasteiger charge is -2.32. The van der Waals surface area contributed by atoms with Crippen LogP contribution in [0.1, 0.15) is 38.9 Å². The third-order valence-electron chi connectivity index (χ3n) is 7.30. The molecule has 6 nitrogen and oxygen atoms in total. The molecule has 0 aliphatic carbocycles. The average molecular weight is 533 g/mol. The lowest BCUT2D eigenvalue weighted by molar-refractivity contribution is 0.194. The first-order chi connectivity index (χ1) is 17.9. The number of urea groups is 1. The summed E-state index contributed by atoms with van der Waals surface area (Å²) >= 11 is 8.10. The zero-order valence-corrected chi connectivity index (χ0v) is 22.7. The van der Waals surface area contributed by atoms with Gasteiger partial charge in [0.1, 0.15) is 10.8 Å². The second-order valence-corrected chi connectivity index (χ2v) is 11.3. The van der Waals surface area contributed by atoms with Gasteiger partial charge < -0.3 is 24.4 Å². The number of amides is 2. The molecule has 4 heterocycles. The Morgan fingerprint density at radius 3 is 2.70 bits per heavy atom. The van der Waals surface area contributed by atoms with Gasteiger partial charge in [0.05, 0.1) is 31.1 Å². The molecular formula is C29H29ClN4O2S. The van der Waals surface area contributed by atoms with Crippen LogP contribution in [-0.2, 0) is 19.5 Å². The number of aromatic nitrogens is 1. The lowest BCUT2D eigenvalue weighted by Crippen LogP contribution is -2.38. The molecule has 1 atom stereocenters. The van der Waals surface area contributed by atoms with Crippen LogP contribution in [0.3, 0.4) is 0 Å². The van der Waals surface area contributed by atoms with E-state index in [2.05, 4.69) is 40.2 Å². The molecule has 2 amide bonds. The summed E-state index contributed by atoms with van der Waals surface area (Å²) in [5, 5.41) is 5.05. The van der Waals surface area contributed by atoms with E-state index in [0.717, 1.165) is 36.3 Å². The summed E-state index contributed by atoms with van der Waals surface area (Å²) in [5.74, 6) is 0.636. The number of aryl methyl sites for hydroxylation is 1. The van der Waals surface area contributed by atoms with Crippen molar-refractivity contribution in [2.24, 2.45) is 0 Å². The van der Waals surface area contributed by atoms with Gasteiger partial charge in [-0.15, -0.1) is 11.3 Å². The molecule has 2 aliphatic heterocycles. The largest absolute Gasteiger partial charge is 0.495 e. The van der Waals surface area contributed by atoms with E-state index in [1.807, 2.05) is 65.6 Å². The average Bonchev–Trinajstić information content (AvgIpc) is 3.46. The molecule has 0 saturated heterocycles. The van der Waals surface area contributed by atoms with Crippen molar-refractivity contribution in [2.45, 2.75) is 32.5 Å². The summed E-state index contributed by atoms with van der Waals surface area (Å²) in [5.41, 5.74) is 6.41. The van der Waals surface area contributed by atoms with Crippen LogP contribution in [0.4, 0.5) is 10.5 Å². The first-order valence-electron chi connectivity index (χ1n) is 12.4. The predicted molar refractivity (Wildman–Crippen MR) is 149 cm³/mol. The number of carbonyl (C=O) groups excluding carboxylic acids is 1. The zero-order chi connectivity index (χ0) is 25.7. The maximum absolute atomic E-state index is 14.2. The number of ether oxygens (including phenoxy) is 1. The Bertz CT molecular complexity index is 1480. The number of rotatable bonds is 3. The molecule has 0 bridgehead atoms. The van der Waals surface area contributed by atoms with Crippen LogP contribution in [0, 0.1) is 6.92 Å². The number of hydrogen-bond acceptors (Lipinski definition) is 4. The van der Waals surface area contributed by atoms with Crippen LogP contribution >= 0.6 is 22.9 Å². The molecule has 190 valence electrons. The molecule has 0 spiro atoms. The summed E-state index contributed by atoms with van der Waals surface area (Å²) in [7, 11) is 3.79. The van der Waals surface area contributed by atoms with Crippen molar-refractivity contribution in [2.75, 3.05) is 26.0 Å². The number of nitrogens with zero attached hydrogens (tertiary/aromatic N) is 3. The fraction of sp³-hybridized carbons (Fsp3) is 0.276. The van der Waals surface area contributed by atoms with Crippen molar-refractivity contribution in [3.05, 3.63) is 98.6 Å². The summed E-state index contributed by atoms with van der Waals surface area (Å²) in [6.07, 6.45) is 3.11. The molecular weight excluding hydrogens is 504 g/mol. The Balaban J connectivity index is 1.49. The number of halogens is 1. The smallest absolute Gasteiger partial charge is 0.323 e. The second-order valence-electron chi connectivity index (χ2n) is 9.79. The summed E-state index contributed by atoms with van der Waals surface area (Å²) in [6, 6.07) is 17.4. The quantitative estimate of drug-likeness (QED) is 0.322. The van der Waals surface area contributed by atoms with E-state index in [4.69, 9.17) is 16.3 Å². The minimum absolute atomic E-state index is 0.169. The summed E-state index contributed by atoms with van der Waals surface area (Å²) < 4.78 is 7.83. The van der Waals surface area contributed by atoms with Crippen LogP contribution in [0.25, 0.3) is 5.00 Å². The van der Waals surface area contributed by atoms with Crippen LogP contribution < -0.4 is 10.1 Å². The fourth-order valence-corrected chi connectivity index (χ4v) is 7.02. The normalized spacial score (nSPS) is 17.0. The second kappa shape index (κ2) is 9.56. The highest BCUT2D eigenvalue weighted by Crippen LogP contribution is 2.44. The molecule has 2 aliphatic rings. The number of anilines is 1. The highest BCUT2D eigenvalue weighted by molar-refractivity contribution is 7.15. The Hall–Kier alpha value is -3.26. The summed E-state index contributed by atoms with van der Waals surface area (Å²) in [6.45, 7) is 4.48. The molecule has 1 N–H and O–H groups in total. The topological polar surface area (TPSA) is 49.7 Å². The highest BCUT2D eigenvalue weighted by Gasteiger charge is 2.36. The van der Waals surface area contributed by atoms with E-state index < -0.39 is 0 Å². The van der Waals surface area contributed by atoms with Crippen LogP contribution in [0.5, 0.6) is 5.75 Å². The Labute approximate surface area is 226 Å². The van der Waals surface area contributed by atoms with Crippen molar-refractivity contribution in [1.82, 2.24) is 14.4 Å². The predicted octanol–water partition coefficient (Wildman–Crippen LogP) is 6.63. The molecule has 1 unspecified atom stereocenters. The zero-order valence-electron chi connectivity index (χ0n) is 21.1. The van der Waals surface area contributed by atoms with Crippen molar-refractivity contribution >= 4 is 34.7 Å². The van der Waals surface area contributed by atoms with E-state index in [1.54, 1.807) is 7.11 Å². The summed E-state index contributed by atoms with van der Waals surface area (Å²) in [4.78, 5) is 19.9. The molecule has 8 heteroatoms. The SMILES string of the molecule is COc1ccc(C)cc1NC(=O)N1Cc2c(sc3c2CCN(C)C3)-n2cccc2C1c1ccc(Cl)cc1. The number of carbonyl (C=O) groups is 1. The number of thiophene rings is 1. The van der Waals surface area contributed by atoms with Gasteiger partial charge in [-0.1, -0.05) is 29.8 Å². The minimum Gasteiger partial charge on any atom is -0.495 e. The number of fused-ring (bicyclic) bond motifs is 5. The Morgan fingerprint density at radius 2 is 1.92 bits per heavy atom. The van der Waals surface area contributed by atoms with Crippen molar-refractivity contribution in [3.63, 3.8) is 0 Å². The molecule has 2 aromatic carbocycles. The van der Waals surface area contributed by atoms with E-state index in [-0.39, 0.29) is 12.1 Å². The monoisotopic (exact) mass is 532 g/mol. The third kappa shape index (κ3) is 4.31. The van der Waals surface area contributed by atoms with E-state index in [9.17, 15) is 4.79 Å². The molecule has 4 aromatic rings. The van der Waals surface area contributed by atoms with Gasteiger partial charge in [0.15, 0.2) is 0 Å². The Morgan fingerprint density at radius 1 is 1.11 bits per heavy atom. The van der Waals surface area contributed by atoms with Crippen molar-refractivity contribution < 1.29 is 9.53 Å². The molecule has 37 heavy (non-hydrogen) atoms. The highest BCUT2D eigenvalue weighted by atomic mass is 35.5. The van der Waals surface area contributed by atoms with E-state index in [1.165, 1.54) is 21.0 Å². The number of nitrogens with one attached hydrogen (secondary N) is 1. The van der Waals surface area contributed by atoms with E-state index >= 15 is 0 Å². The van der Waals surface area contributed by atoms with Crippen molar-refractivity contribution in [1.29, 1.82) is 0 Å². The van der Waals surface area contributed by atoms with Gasteiger partial charge in [0.2, 0.25) is 0 Å². The maximum Gasteiger partial charge on any atom is 0.323 e. The van der Waals surface area contributed by atoms with Gasteiger partial charge in [-0.2, -0.15) is 0 Å². The molecule has 2 aromatic heterocycles. The first-order valence-corrected chi connectivity index (χ1v) is 13.6. The van der Waals surface area contributed by atoms with Crippen LogP contribution in [0.15, 0.2) is 60.8 Å². The van der Waals surface area contributed by atoms with Gasteiger partial charge in [-0.3, -0.25) is 0 Å². The van der Waals surface area contributed by atoms with Crippen LogP contribution in [0.2, 0.25) is 5.02 Å². The number of benzene rings is 2. The van der Waals surface area contributed by atoms with Gasteiger partial charge in [0, 0.05) is 34.7 Å².